The van der Waals surface area contributed by atoms with E-state index in [1.807, 2.05) is 6.07 Å². The number of hydrogen-bond donors (Lipinski definition) is 3. The lowest BCUT2D eigenvalue weighted by molar-refractivity contribution is 0.492. The van der Waals surface area contributed by atoms with Crippen LogP contribution in [0.5, 0.6) is 0 Å². The molecule has 8 nitrogen and oxygen atoms in total. The Balaban J connectivity index is 1.66. The number of benzene rings is 1. The third-order valence-electron chi connectivity index (χ3n) is 5.27. The van der Waals surface area contributed by atoms with Crippen molar-refractivity contribution in [1.82, 2.24) is 15.0 Å². The van der Waals surface area contributed by atoms with Crippen LogP contribution in [-0.2, 0) is 0 Å². The number of rotatable bonds is 4. The van der Waals surface area contributed by atoms with Gasteiger partial charge in [-0.1, -0.05) is 23.2 Å². The fraction of sp³-hybridized carbons (Fsp3) is 0.526. The first-order chi connectivity index (χ1) is 14.0. The number of aromatic nitrogens is 3. The Morgan fingerprint density at radius 2 is 1.45 bits per heavy atom. The van der Waals surface area contributed by atoms with E-state index in [0.29, 0.717) is 27.9 Å². The van der Waals surface area contributed by atoms with Crippen LogP contribution in [0.4, 0.5) is 23.5 Å². The molecule has 0 amide bonds. The Morgan fingerprint density at radius 3 is 1.97 bits per heavy atom. The predicted molar refractivity (Wildman–Crippen MR) is 118 cm³/mol. The molecule has 1 aromatic heterocycles. The lowest BCUT2D eigenvalue weighted by atomic mass is 10.1. The van der Waals surface area contributed by atoms with Crippen molar-refractivity contribution in [2.75, 3.05) is 41.3 Å². The van der Waals surface area contributed by atoms with Gasteiger partial charge in [0.15, 0.2) is 0 Å². The SMILES string of the molecule is NC1CCCN(c2nc(Nc3ccc(Cl)c(Cl)c3)nc(N3CCCC(N)C3)n2)C1. The minimum atomic E-state index is 0.124. The van der Waals surface area contributed by atoms with Gasteiger partial charge in [-0.15, -0.1) is 0 Å². The highest BCUT2D eigenvalue weighted by atomic mass is 35.5. The third kappa shape index (κ3) is 5.01. The summed E-state index contributed by atoms with van der Waals surface area (Å²) in [6.07, 6.45) is 4.08. The molecule has 2 atom stereocenters. The third-order valence-corrected chi connectivity index (χ3v) is 6.01. The van der Waals surface area contributed by atoms with Crippen LogP contribution in [0, 0.1) is 0 Å². The zero-order valence-corrected chi connectivity index (χ0v) is 17.7. The number of halogens is 2. The number of nitrogens with zero attached hydrogens (tertiary/aromatic N) is 5. The fourth-order valence-corrected chi connectivity index (χ4v) is 4.08. The molecule has 2 saturated heterocycles. The molecule has 2 unspecified atom stereocenters. The van der Waals surface area contributed by atoms with Gasteiger partial charge in [0.2, 0.25) is 17.8 Å². The van der Waals surface area contributed by atoms with Crippen LogP contribution in [0.1, 0.15) is 25.7 Å². The molecule has 10 heteroatoms. The van der Waals surface area contributed by atoms with Gasteiger partial charge in [-0.25, -0.2) is 0 Å². The van der Waals surface area contributed by atoms with Crippen molar-refractivity contribution in [1.29, 1.82) is 0 Å². The standard InChI is InChI=1S/C19H26Cl2N8/c20-15-6-5-14(9-16(15)21)24-17-25-18(28-7-1-3-12(22)10-28)27-19(26-17)29-8-2-4-13(23)11-29/h5-6,9,12-13H,1-4,7-8,10-11,22-23H2,(H,24,25,26,27). The van der Waals surface area contributed by atoms with Crippen molar-refractivity contribution in [2.24, 2.45) is 11.5 Å². The van der Waals surface area contributed by atoms with Crippen molar-refractivity contribution in [3.63, 3.8) is 0 Å². The molecule has 0 saturated carbocycles. The second-order valence-corrected chi connectivity index (χ2v) is 8.52. The van der Waals surface area contributed by atoms with Gasteiger partial charge in [-0.2, -0.15) is 15.0 Å². The molecule has 0 bridgehead atoms. The maximum atomic E-state index is 6.17. The van der Waals surface area contributed by atoms with E-state index >= 15 is 0 Å². The lowest BCUT2D eigenvalue weighted by Crippen LogP contribution is -2.45. The predicted octanol–water partition coefficient (Wildman–Crippen LogP) is 2.78. The Bertz CT molecular complexity index is 824. The fourth-order valence-electron chi connectivity index (χ4n) is 3.78. The average molecular weight is 437 g/mol. The van der Waals surface area contributed by atoms with Gasteiger partial charge >= 0.3 is 0 Å². The summed E-state index contributed by atoms with van der Waals surface area (Å²) in [6, 6.07) is 5.58. The summed E-state index contributed by atoms with van der Waals surface area (Å²) < 4.78 is 0. The highest BCUT2D eigenvalue weighted by Crippen LogP contribution is 2.28. The number of nitrogens with two attached hydrogens (primary N) is 2. The Labute approximate surface area is 180 Å². The van der Waals surface area contributed by atoms with Crippen molar-refractivity contribution in [3.05, 3.63) is 28.2 Å². The Morgan fingerprint density at radius 1 is 0.862 bits per heavy atom. The maximum absolute atomic E-state index is 6.17. The summed E-state index contributed by atoms with van der Waals surface area (Å²) in [5.41, 5.74) is 13.1. The van der Waals surface area contributed by atoms with Gasteiger partial charge in [0, 0.05) is 44.0 Å². The normalized spacial score (nSPS) is 22.6. The molecule has 5 N–H and O–H groups in total. The molecule has 2 fully saturated rings. The number of anilines is 4. The van der Waals surface area contributed by atoms with Gasteiger partial charge < -0.3 is 26.6 Å². The van der Waals surface area contributed by atoms with Gasteiger partial charge in [0.1, 0.15) is 0 Å². The summed E-state index contributed by atoms with van der Waals surface area (Å²) in [5, 5.41) is 4.20. The highest BCUT2D eigenvalue weighted by Gasteiger charge is 2.24. The van der Waals surface area contributed by atoms with Crippen LogP contribution in [-0.4, -0.2) is 53.2 Å². The molecule has 3 heterocycles. The van der Waals surface area contributed by atoms with Crippen molar-refractivity contribution < 1.29 is 0 Å². The molecule has 0 radical (unpaired) electrons. The van der Waals surface area contributed by atoms with E-state index in [1.54, 1.807) is 12.1 Å². The largest absolute Gasteiger partial charge is 0.339 e. The van der Waals surface area contributed by atoms with Gasteiger partial charge in [0.05, 0.1) is 10.0 Å². The number of nitrogens with one attached hydrogen (secondary N) is 1. The highest BCUT2D eigenvalue weighted by molar-refractivity contribution is 6.42. The quantitative estimate of drug-likeness (QED) is 0.670. The van der Waals surface area contributed by atoms with Crippen LogP contribution in [0.15, 0.2) is 18.2 Å². The molecule has 2 aromatic rings. The van der Waals surface area contributed by atoms with Crippen molar-refractivity contribution >= 4 is 46.7 Å². The first-order valence-corrected chi connectivity index (χ1v) is 10.7. The van der Waals surface area contributed by atoms with Crippen LogP contribution in [0.2, 0.25) is 10.0 Å². The van der Waals surface area contributed by atoms with E-state index in [4.69, 9.17) is 39.7 Å². The van der Waals surface area contributed by atoms with Gasteiger partial charge in [0.25, 0.3) is 0 Å². The van der Waals surface area contributed by atoms with Crippen molar-refractivity contribution in [3.8, 4) is 0 Å². The smallest absolute Gasteiger partial charge is 0.233 e. The summed E-state index contributed by atoms with van der Waals surface area (Å²) >= 11 is 12.2. The number of hydrogen-bond acceptors (Lipinski definition) is 8. The maximum Gasteiger partial charge on any atom is 0.233 e. The molecule has 29 heavy (non-hydrogen) atoms. The van der Waals surface area contributed by atoms with Crippen LogP contribution >= 0.6 is 23.2 Å². The number of piperidine rings is 2. The second kappa shape index (κ2) is 8.87. The van der Waals surface area contributed by atoms with Crippen LogP contribution in [0.25, 0.3) is 0 Å². The molecule has 0 aliphatic carbocycles. The minimum Gasteiger partial charge on any atom is -0.339 e. The molecule has 0 spiro atoms. The zero-order valence-electron chi connectivity index (χ0n) is 16.2. The van der Waals surface area contributed by atoms with E-state index in [-0.39, 0.29) is 12.1 Å². The van der Waals surface area contributed by atoms with Gasteiger partial charge in [-0.05, 0) is 43.9 Å². The van der Waals surface area contributed by atoms with E-state index in [2.05, 4.69) is 25.1 Å². The van der Waals surface area contributed by atoms with Crippen molar-refractivity contribution in [2.45, 2.75) is 37.8 Å². The van der Waals surface area contributed by atoms with Crippen LogP contribution < -0.4 is 26.6 Å². The summed E-state index contributed by atoms with van der Waals surface area (Å²) in [5.74, 6) is 1.72. The minimum absolute atomic E-state index is 0.124. The Kier molecular flexibility index (Phi) is 6.24. The zero-order chi connectivity index (χ0) is 20.4. The van der Waals surface area contributed by atoms with E-state index in [9.17, 15) is 0 Å². The molecule has 156 valence electrons. The van der Waals surface area contributed by atoms with E-state index in [1.165, 1.54) is 0 Å². The summed E-state index contributed by atoms with van der Waals surface area (Å²) in [7, 11) is 0. The molecular formula is C19H26Cl2N8. The molecule has 1 aromatic carbocycles. The first kappa shape index (κ1) is 20.4. The monoisotopic (exact) mass is 436 g/mol. The van der Waals surface area contributed by atoms with Gasteiger partial charge in [-0.3, -0.25) is 0 Å². The lowest BCUT2D eigenvalue weighted by Gasteiger charge is -2.33. The van der Waals surface area contributed by atoms with E-state index < -0.39 is 0 Å². The summed E-state index contributed by atoms with van der Waals surface area (Å²) in [6.45, 7) is 3.22. The molecule has 2 aliphatic heterocycles. The second-order valence-electron chi connectivity index (χ2n) is 7.71. The van der Waals surface area contributed by atoms with Crippen LogP contribution in [0.3, 0.4) is 0 Å². The molecule has 2 aliphatic rings. The first-order valence-electron chi connectivity index (χ1n) is 9.97. The molecular weight excluding hydrogens is 411 g/mol. The Hall–Kier alpha value is -1.87. The summed E-state index contributed by atoms with van der Waals surface area (Å²) in [4.78, 5) is 18.3. The average Bonchev–Trinajstić information content (AvgIpc) is 2.70. The van der Waals surface area contributed by atoms with E-state index in [0.717, 1.165) is 57.5 Å². The topological polar surface area (TPSA) is 109 Å². The molecule has 4 rings (SSSR count).